The molecule has 3 N–H and O–H groups in total. The molecule has 0 spiro atoms. The maximum absolute atomic E-state index is 13.3. The van der Waals surface area contributed by atoms with Gasteiger partial charge in [0.15, 0.2) is 17.3 Å². The number of phenols is 1. The number of carbonyl (C=O) groups is 3. The van der Waals surface area contributed by atoms with Crippen molar-refractivity contribution in [2.75, 3.05) is 41.5 Å². The topological polar surface area (TPSA) is 142 Å². The summed E-state index contributed by atoms with van der Waals surface area (Å²) in [6.45, 7) is 1.10. The molecule has 1 amide bonds. The number of benzene rings is 3. The van der Waals surface area contributed by atoms with Crippen LogP contribution in [0.3, 0.4) is 0 Å². The van der Waals surface area contributed by atoms with Crippen LogP contribution in [0.15, 0.2) is 54.6 Å². The summed E-state index contributed by atoms with van der Waals surface area (Å²) >= 11 is 0. The van der Waals surface area contributed by atoms with E-state index in [2.05, 4.69) is 10.6 Å². The summed E-state index contributed by atoms with van der Waals surface area (Å²) in [4.78, 5) is 39.3. The molecule has 1 aliphatic heterocycles. The van der Waals surface area contributed by atoms with E-state index in [0.29, 0.717) is 48.1 Å². The van der Waals surface area contributed by atoms with Crippen molar-refractivity contribution in [1.82, 2.24) is 10.6 Å². The molecule has 1 saturated heterocycles. The minimum absolute atomic E-state index is 0. The molecule has 0 aliphatic carbocycles. The molecular formula is C31H35ClN2O9. The monoisotopic (exact) mass is 614 g/mol. The Morgan fingerprint density at radius 3 is 2.09 bits per heavy atom. The van der Waals surface area contributed by atoms with E-state index in [0.717, 1.165) is 6.42 Å². The van der Waals surface area contributed by atoms with Gasteiger partial charge in [-0.3, -0.25) is 9.59 Å². The Morgan fingerprint density at radius 2 is 1.49 bits per heavy atom. The Bertz CT molecular complexity index is 1420. The van der Waals surface area contributed by atoms with E-state index in [1.54, 1.807) is 18.2 Å². The third-order valence-electron chi connectivity index (χ3n) is 6.99. The Labute approximate surface area is 255 Å². The second-order valence-corrected chi connectivity index (χ2v) is 9.57. The number of hydrogen-bond acceptors (Lipinski definition) is 10. The number of rotatable bonds is 10. The molecule has 0 saturated carbocycles. The largest absolute Gasteiger partial charge is 0.507 e. The number of nitrogens with one attached hydrogen (secondary N) is 2. The maximum atomic E-state index is 13.3. The highest BCUT2D eigenvalue weighted by atomic mass is 35.5. The van der Waals surface area contributed by atoms with Crippen LogP contribution in [0.25, 0.3) is 0 Å². The number of amides is 1. The molecule has 0 aromatic heterocycles. The van der Waals surface area contributed by atoms with Gasteiger partial charge in [0, 0.05) is 17.7 Å². The second kappa shape index (κ2) is 15.1. The molecule has 2 atom stereocenters. The van der Waals surface area contributed by atoms with Gasteiger partial charge in [0.1, 0.15) is 17.6 Å². The van der Waals surface area contributed by atoms with Crippen LogP contribution in [-0.2, 0) is 4.74 Å². The highest BCUT2D eigenvalue weighted by Gasteiger charge is 2.30. The minimum Gasteiger partial charge on any atom is -0.507 e. The normalized spacial score (nSPS) is 16.1. The first kappa shape index (κ1) is 33.0. The van der Waals surface area contributed by atoms with Crippen molar-refractivity contribution in [2.24, 2.45) is 0 Å². The molecular weight excluding hydrogens is 580 g/mol. The zero-order valence-corrected chi connectivity index (χ0v) is 25.1. The number of halogens is 1. The van der Waals surface area contributed by atoms with Gasteiger partial charge < -0.3 is 39.4 Å². The lowest BCUT2D eigenvalue weighted by Crippen LogP contribution is -2.49. The van der Waals surface area contributed by atoms with Crippen molar-refractivity contribution in [1.29, 1.82) is 0 Å². The van der Waals surface area contributed by atoms with Gasteiger partial charge in [0.25, 0.3) is 5.91 Å². The summed E-state index contributed by atoms with van der Waals surface area (Å²) in [5.74, 6) is -0.0971. The molecule has 230 valence electrons. The number of methoxy groups -OCH3 is 4. The Morgan fingerprint density at radius 1 is 0.837 bits per heavy atom. The zero-order valence-electron chi connectivity index (χ0n) is 24.3. The standard InChI is InChI=1S/C31H34N2O9.ClH/c1-38-21-11-12-24(34)22(16-21)28(35)18-7-9-19(10-8-18)31(37)42-25-6-5-13-32-17-23(25)33-30(36)20-14-26(39-2)29(41-4)27(15-20)40-3;/h7-12,14-16,23,25,32,34H,5-6,13,17H2,1-4H3,(H,33,36);1H/t23-,25-;/m1./s1. The van der Waals surface area contributed by atoms with Crippen molar-refractivity contribution in [2.45, 2.75) is 25.0 Å². The van der Waals surface area contributed by atoms with Gasteiger partial charge in [-0.1, -0.05) is 12.1 Å². The lowest BCUT2D eigenvalue weighted by Gasteiger charge is -2.26. The minimum atomic E-state index is -0.603. The summed E-state index contributed by atoms with van der Waals surface area (Å²) in [6, 6.07) is 13.0. The van der Waals surface area contributed by atoms with Crippen LogP contribution in [0.4, 0.5) is 0 Å². The van der Waals surface area contributed by atoms with Crippen molar-refractivity contribution >= 4 is 30.1 Å². The summed E-state index contributed by atoms with van der Waals surface area (Å²) in [7, 11) is 5.88. The van der Waals surface area contributed by atoms with Gasteiger partial charge in [0.2, 0.25) is 5.75 Å². The predicted molar refractivity (Wildman–Crippen MR) is 160 cm³/mol. The van der Waals surface area contributed by atoms with Crippen LogP contribution in [-0.4, -0.2) is 76.4 Å². The molecule has 1 fully saturated rings. The molecule has 4 rings (SSSR count). The first-order chi connectivity index (χ1) is 20.3. The lowest BCUT2D eigenvalue weighted by atomic mass is 10.0. The molecule has 43 heavy (non-hydrogen) atoms. The molecule has 3 aromatic carbocycles. The molecule has 0 radical (unpaired) electrons. The average molecular weight is 615 g/mol. The predicted octanol–water partition coefficient (Wildman–Crippen LogP) is 3.79. The third kappa shape index (κ3) is 7.68. The third-order valence-corrected chi connectivity index (χ3v) is 6.99. The summed E-state index contributed by atoms with van der Waals surface area (Å²) in [5, 5.41) is 16.4. The van der Waals surface area contributed by atoms with E-state index in [-0.39, 0.29) is 34.8 Å². The van der Waals surface area contributed by atoms with Crippen LogP contribution in [0.5, 0.6) is 28.7 Å². The second-order valence-electron chi connectivity index (χ2n) is 9.57. The van der Waals surface area contributed by atoms with Crippen LogP contribution < -0.4 is 29.6 Å². The quantitative estimate of drug-likeness (QED) is 0.228. The first-order valence-corrected chi connectivity index (χ1v) is 13.3. The Kier molecular flexibility index (Phi) is 11.6. The molecule has 1 heterocycles. The highest BCUT2D eigenvalue weighted by molar-refractivity contribution is 6.11. The number of esters is 1. The van der Waals surface area contributed by atoms with Crippen molar-refractivity contribution in [3.8, 4) is 28.7 Å². The zero-order chi connectivity index (χ0) is 30.2. The van der Waals surface area contributed by atoms with Crippen molar-refractivity contribution in [3.63, 3.8) is 0 Å². The smallest absolute Gasteiger partial charge is 0.338 e. The molecule has 11 nitrogen and oxygen atoms in total. The maximum Gasteiger partial charge on any atom is 0.338 e. The van der Waals surface area contributed by atoms with Crippen LogP contribution in [0.2, 0.25) is 0 Å². The number of carbonyl (C=O) groups excluding carboxylic acids is 3. The highest BCUT2D eigenvalue weighted by Crippen LogP contribution is 2.38. The van der Waals surface area contributed by atoms with E-state index in [9.17, 15) is 19.5 Å². The molecule has 3 aromatic rings. The fourth-order valence-corrected chi connectivity index (χ4v) is 4.71. The van der Waals surface area contributed by atoms with Gasteiger partial charge >= 0.3 is 5.97 Å². The Balaban J connectivity index is 0.00000506. The van der Waals surface area contributed by atoms with E-state index < -0.39 is 29.8 Å². The SMILES string of the molecule is COc1ccc(O)c(C(=O)c2ccc(C(=O)O[C@@H]3CCCNC[C@H]3NC(=O)c3cc(OC)c(OC)c(OC)c3)cc2)c1.Cl. The number of phenolic OH excluding ortho intramolecular Hbond substituents is 1. The summed E-state index contributed by atoms with van der Waals surface area (Å²) in [6.07, 6.45) is 0.671. The fraction of sp³-hybridized carbons (Fsp3) is 0.323. The van der Waals surface area contributed by atoms with Gasteiger partial charge in [-0.15, -0.1) is 12.4 Å². The van der Waals surface area contributed by atoms with Gasteiger partial charge in [-0.05, 0) is 61.9 Å². The number of hydrogen-bond donors (Lipinski definition) is 3. The number of ketones is 1. The van der Waals surface area contributed by atoms with E-state index in [4.69, 9.17) is 23.7 Å². The van der Waals surface area contributed by atoms with E-state index in [1.807, 2.05) is 0 Å². The Hall–Kier alpha value is -4.48. The average Bonchev–Trinajstić information content (AvgIpc) is 3.24. The molecule has 1 aliphatic rings. The van der Waals surface area contributed by atoms with E-state index >= 15 is 0 Å². The fourth-order valence-electron chi connectivity index (χ4n) is 4.71. The van der Waals surface area contributed by atoms with Gasteiger partial charge in [-0.2, -0.15) is 0 Å². The van der Waals surface area contributed by atoms with E-state index in [1.165, 1.54) is 64.8 Å². The lowest BCUT2D eigenvalue weighted by molar-refractivity contribution is 0.0192. The van der Waals surface area contributed by atoms with Gasteiger partial charge in [-0.25, -0.2) is 4.79 Å². The van der Waals surface area contributed by atoms with Crippen LogP contribution >= 0.6 is 12.4 Å². The van der Waals surface area contributed by atoms with Crippen LogP contribution in [0.1, 0.15) is 49.5 Å². The number of ether oxygens (including phenoxy) is 5. The number of aromatic hydroxyl groups is 1. The van der Waals surface area contributed by atoms with Crippen LogP contribution in [0, 0.1) is 0 Å². The molecule has 0 unspecified atom stereocenters. The van der Waals surface area contributed by atoms with Crippen molar-refractivity contribution < 1.29 is 43.2 Å². The summed E-state index contributed by atoms with van der Waals surface area (Å²) in [5.41, 5.74) is 0.903. The first-order valence-electron chi connectivity index (χ1n) is 13.3. The molecule has 12 heteroatoms. The summed E-state index contributed by atoms with van der Waals surface area (Å²) < 4.78 is 27.1. The van der Waals surface area contributed by atoms with Crippen molar-refractivity contribution in [3.05, 3.63) is 76.9 Å². The molecule has 0 bridgehead atoms. The van der Waals surface area contributed by atoms with Gasteiger partial charge in [0.05, 0.1) is 45.6 Å².